The second-order valence-electron chi connectivity index (χ2n) is 4.06. The zero-order chi connectivity index (χ0) is 13.5. The van der Waals surface area contributed by atoms with Gasteiger partial charge < -0.3 is 16.6 Å². The van der Waals surface area contributed by atoms with Crippen molar-refractivity contribution < 1.29 is 14.7 Å². The first kappa shape index (κ1) is 14.3. The molecular weight excluding hydrogens is 234 g/mol. The summed E-state index contributed by atoms with van der Waals surface area (Å²) in [7, 11) is 0. The number of carboxylic acids is 1. The minimum absolute atomic E-state index is 0.237. The fourth-order valence-corrected chi connectivity index (χ4v) is 1.51. The topological polar surface area (TPSA) is 119 Å². The molecule has 1 heterocycles. The van der Waals surface area contributed by atoms with E-state index in [0.717, 1.165) is 0 Å². The molecule has 1 aromatic rings. The number of aliphatic carboxylic acids is 1. The lowest BCUT2D eigenvalue weighted by molar-refractivity contribution is -0.138. The average Bonchev–Trinajstić information content (AvgIpc) is 2.38. The molecule has 2 atom stereocenters. The van der Waals surface area contributed by atoms with Crippen molar-refractivity contribution in [3.8, 4) is 0 Å². The van der Waals surface area contributed by atoms with Crippen LogP contribution < -0.4 is 11.5 Å². The standard InChI is InChI=1S/C12H17N3O3/c13-8(4-3-5-9(14)12(17)18)11(16)10-6-1-2-7-15-10/h1-2,6-9H,3-5,13-14H2,(H,17,18)/t8?,9-/m0/s1. The molecule has 0 saturated heterocycles. The lowest BCUT2D eigenvalue weighted by Gasteiger charge is -2.11. The van der Waals surface area contributed by atoms with E-state index in [2.05, 4.69) is 4.98 Å². The molecule has 0 amide bonds. The Labute approximate surface area is 105 Å². The summed E-state index contributed by atoms with van der Waals surface area (Å²) in [6, 6.07) is 3.47. The van der Waals surface area contributed by atoms with Crippen molar-refractivity contribution in [1.29, 1.82) is 0 Å². The summed E-state index contributed by atoms with van der Waals surface area (Å²) in [5.74, 6) is -1.28. The van der Waals surface area contributed by atoms with Crippen molar-refractivity contribution in [3.63, 3.8) is 0 Å². The summed E-state index contributed by atoms with van der Waals surface area (Å²) in [5.41, 5.74) is 11.4. The van der Waals surface area contributed by atoms with E-state index in [4.69, 9.17) is 16.6 Å². The van der Waals surface area contributed by atoms with Crippen LogP contribution in [0.3, 0.4) is 0 Å². The third-order valence-corrected chi connectivity index (χ3v) is 2.60. The highest BCUT2D eigenvalue weighted by Gasteiger charge is 2.18. The molecule has 0 spiro atoms. The predicted octanol–water partition coefficient (Wildman–Crippen LogP) is 0.174. The summed E-state index contributed by atoms with van der Waals surface area (Å²) in [6.07, 6.45) is 2.72. The summed E-state index contributed by atoms with van der Waals surface area (Å²) in [4.78, 5) is 26.2. The van der Waals surface area contributed by atoms with Gasteiger partial charge in [0.05, 0.1) is 6.04 Å². The maximum Gasteiger partial charge on any atom is 0.320 e. The molecule has 0 bridgehead atoms. The minimum Gasteiger partial charge on any atom is -0.480 e. The first-order valence-electron chi connectivity index (χ1n) is 5.71. The Kier molecular flexibility index (Phi) is 5.41. The fraction of sp³-hybridized carbons (Fsp3) is 0.417. The molecule has 18 heavy (non-hydrogen) atoms. The molecule has 1 rings (SSSR count). The van der Waals surface area contributed by atoms with Gasteiger partial charge in [0.25, 0.3) is 0 Å². The number of aromatic nitrogens is 1. The van der Waals surface area contributed by atoms with Gasteiger partial charge in [0.15, 0.2) is 5.78 Å². The van der Waals surface area contributed by atoms with Crippen LogP contribution in [0.5, 0.6) is 0 Å². The van der Waals surface area contributed by atoms with Crippen molar-refractivity contribution >= 4 is 11.8 Å². The first-order valence-corrected chi connectivity index (χ1v) is 5.71. The molecule has 0 fully saturated rings. The van der Waals surface area contributed by atoms with Gasteiger partial charge in [-0.15, -0.1) is 0 Å². The zero-order valence-electron chi connectivity index (χ0n) is 9.95. The molecule has 98 valence electrons. The quantitative estimate of drug-likeness (QED) is 0.594. The molecule has 5 N–H and O–H groups in total. The van der Waals surface area contributed by atoms with E-state index in [1.807, 2.05) is 0 Å². The van der Waals surface area contributed by atoms with Crippen LogP contribution in [0.4, 0.5) is 0 Å². The summed E-state index contributed by atoms with van der Waals surface area (Å²) in [6.45, 7) is 0. The lowest BCUT2D eigenvalue weighted by atomic mass is 10.0. The smallest absolute Gasteiger partial charge is 0.320 e. The molecule has 6 nitrogen and oxygen atoms in total. The number of hydrogen-bond acceptors (Lipinski definition) is 5. The van der Waals surface area contributed by atoms with Gasteiger partial charge in [-0.1, -0.05) is 6.07 Å². The van der Waals surface area contributed by atoms with Crippen molar-refractivity contribution in [3.05, 3.63) is 30.1 Å². The van der Waals surface area contributed by atoms with Crippen molar-refractivity contribution in [2.24, 2.45) is 11.5 Å². The van der Waals surface area contributed by atoms with Crippen LogP contribution in [0.1, 0.15) is 29.8 Å². The van der Waals surface area contributed by atoms with Crippen LogP contribution in [0.15, 0.2) is 24.4 Å². The summed E-state index contributed by atoms with van der Waals surface area (Å²) >= 11 is 0. The number of carbonyl (C=O) groups excluding carboxylic acids is 1. The number of pyridine rings is 1. The maximum absolute atomic E-state index is 11.8. The normalized spacial score (nSPS) is 13.9. The van der Waals surface area contributed by atoms with Crippen LogP contribution in [0, 0.1) is 0 Å². The first-order chi connectivity index (χ1) is 8.52. The van der Waals surface area contributed by atoms with Gasteiger partial charge in [0.1, 0.15) is 11.7 Å². The van der Waals surface area contributed by atoms with Gasteiger partial charge in [-0.3, -0.25) is 14.6 Å². The van der Waals surface area contributed by atoms with Gasteiger partial charge in [0, 0.05) is 6.20 Å². The van der Waals surface area contributed by atoms with E-state index in [-0.39, 0.29) is 5.78 Å². The van der Waals surface area contributed by atoms with E-state index in [1.54, 1.807) is 18.2 Å². The second-order valence-corrected chi connectivity index (χ2v) is 4.06. The van der Waals surface area contributed by atoms with Crippen LogP contribution in [-0.4, -0.2) is 33.9 Å². The Bertz CT molecular complexity index is 408. The highest BCUT2D eigenvalue weighted by Crippen LogP contribution is 2.06. The van der Waals surface area contributed by atoms with Crippen molar-refractivity contribution in [2.45, 2.75) is 31.3 Å². The molecule has 0 saturated carbocycles. The van der Waals surface area contributed by atoms with Crippen LogP contribution in [-0.2, 0) is 4.79 Å². The van der Waals surface area contributed by atoms with Crippen LogP contribution in [0.25, 0.3) is 0 Å². The Morgan fingerprint density at radius 3 is 2.44 bits per heavy atom. The predicted molar refractivity (Wildman–Crippen MR) is 66.0 cm³/mol. The van der Waals surface area contributed by atoms with Crippen molar-refractivity contribution in [1.82, 2.24) is 4.98 Å². The minimum atomic E-state index is -1.04. The van der Waals surface area contributed by atoms with Crippen LogP contribution >= 0.6 is 0 Å². The van der Waals surface area contributed by atoms with Gasteiger partial charge >= 0.3 is 5.97 Å². The average molecular weight is 251 g/mol. The third-order valence-electron chi connectivity index (χ3n) is 2.60. The number of hydrogen-bond donors (Lipinski definition) is 3. The highest BCUT2D eigenvalue weighted by molar-refractivity contribution is 5.98. The monoisotopic (exact) mass is 251 g/mol. The second kappa shape index (κ2) is 6.83. The number of Topliss-reactive ketones (excluding diaryl/α,β-unsaturated/α-hetero) is 1. The third kappa shape index (κ3) is 4.23. The highest BCUT2D eigenvalue weighted by atomic mass is 16.4. The van der Waals surface area contributed by atoms with E-state index in [9.17, 15) is 9.59 Å². The van der Waals surface area contributed by atoms with Gasteiger partial charge in [-0.25, -0.2) is 0 Å². The molecular formula is C12H17N3O3. The van der Waals surface area contributed by atoms with E-state index in [1.165, 1.54) is 6.20 Å². The van der Waals surface area contributed by atoms with Crippen molar-refractivity contribution in [2.75, 3.05) is 0 Å². The number of rotatable bonds is 7. The number of carbonyl (C=O) groups is 2. The zero-order valence-corrected chi connectivity index (χ0v) is 9.95. The maximum atomic E-state index is 11.8. The molecule has 1 aromatic heterocycles. The molecule has 1 unspecified atom stereocenters. The number of carboxylic acid groups (broad SMARTS) is 1. The Morgan fingerprint density at radius 2 is 1.89 bits per heavy atom. The Balaban J connectivity index is 2.40. The number of nitrogens with zero attached hydrogens (tertiary/aromatic N) is 1. The van der Waals surface area contributed by atoms with E-state index >= 15 is 0 Å². The van der Waals surface area contributed by atoms with Gasteiger partial charge in [0.2, 0.25) is 0 Å². The molecule has 0 aliphatic carbocycles. The molecule has 0 aliphatic rings. The van der Waals surface area contributed by atoms with Gasteiger partial charge in [-0.2, -0.15) is 0 Å². The fourth-order valence-electron chi connectivity index (χ4n) is 1.51. The van der Waals surface area contributed by atoms with E-state index < -0.39 is 18.1 Å². The summed E-state index contributed by atoms with van der Waals surface area (Å²) in [5, 5.41) is 8.60. The molecule has 0 aromatic carbocycles. The summed E-state index contributed by atoms with van der Waals surface area (Å²) < 4.78 is 0. The SMILES string of the molecule is NC(CCC[C@H](N)C(=O)O)C(=O)c1ccccn1. The Hall–Kier alpha value is -1.79. The lowest BCUT2D eigenvalue weighted by Crippen LogP contribution is -2.33. The number of ketones is 1. The molecule has 0 aliphatic heterocycles. The van der Waals surface area contributed by atoms with Crippen LogP contribution in [0.2, 0.25) is 0 Å². The largest absolute Gasteiger partial charge is 0.480 e. The Morgan fingerprint density at radius 1 is 1.22 bits per heavy atom. The van der Waals surface area contributed by atoms with E-state index in [0.29, 0.717) is 25.0 Å². The molecule has 0 radical (unpaired) electrons. The number of nitrogens with two attached hydrogens (primary N) is 2. The van der Waals surface area contributed by atoms with Gasteiger partial charge in [-0.05, 0) is 31.4 Å². The molecule has 6 heteroatoms.